The van der Waals surface area contributed by atoms with Gasteiger partial charge in [0.2, 0.25) is 0 Å². The molecule has 0 amide bonds. The van der Waals surface area contributed by atoms with E-state index in [0.717, 1.165) is 22.7 Å². The highest BCUT2D eigenvalue weighted by atomic mass is 32.2. The lowest BCUT2D eigenvalue weighted by atomic mass is 9.89. The maximum atomic E-state index is 13.1. The normalized spacial score (nSPS) is 17.0. The summed E-state index contributed by atoms with van der Waals surface area (Å²) >= 11 is 1.28. The number of aliphatic hydroxyl groups is 1. The van der Waals surface area contributed by atoms with Crippen molar-refractivity contribution in [2.45, 2.75) is 101 Å². The number of benzene rings is 1. The van der Waals surface area contributed by atoms with Crippen LogP contribution in [0.4, 0.5) is 0 Å². The summed E-state index contributed by atoms with van der Waals surface area (Å²) in [5.74, 6) is 0.681. The number of aromatic nitrogens is 1. The van der Waals surface area contributed by atoms with Crippen LogP contribution in [0.3, 0.4) is 0 Å². The van der Waals surface area contributed by atoms with E-state index in [1.54, 1.807) is 13.8 Å². The number of hydrogen-bond acceptors (Lipinski definition) is 4. The summed E-state index contributed by atoms with van der Waals surface area (Å²) in [6.07, 6.45) is 6.50. The Morgan fingerprint density at radius 1 is 1.16 bits per heavy atom. The lowest BCUT2D eigenvalue weighted by Gasteiger charge is -2.26. The minimum Gasteiger partial charge on any atom is -0.386 e. The van der Waals surface area contributed by atoms with E-state index in [9.17, 15) is 9.32 Å². The molecule has 0 radical (unpaired) electrons. The van der Waals surface area contributed by atoms with Gasteiger partial charge in [0.1, 0.15) is 11.0 Å². The molecular weight excluding hydrogens is 438 g/mol. The van der Waals surface area contributed by atoms with Crippen molar-refractivity contribution in [1.29, 1.82) is 0 Å². The van der Waals surface area contributed by atoms with Crippen LogP contribution >= 0.6 is 11.9 Å². The molecule has 32 heavy (non-hydrogen) atoms. The largest absolute Gasteiger partial charge is 0.386 e. The molecule has 0 bridgehead atoms. The number of rotatable bonds is 7. The van der Waals surface area contributed by atoms with Gasteiger partial charge in [-0.25, -0.2) is 8.93 Å². The fraction of sp³-hybridized carbons (Fsp3) is 0.600. The molecular formula is C25H39N3O2S2. The second-order valence-corrected chi connectivity index (χ2v) is 12.5. The average molecular weight is 478 g/mol. The fourth-order valence-corrected chi connectivity index (χ4v) is 6.33. The summed E-state index contributed by atoms with van der Waals surface area (Å²) in [4.78, 5) is 1.69. The first-order valence-electron chi connectivity index (χ1n) is 11.5. The summed E-state index contributed by atoms with van der Waals surface area (Å²) < 4.78 is 18.6. The molecule has 0 spiro atoms. The number of hydrogen-bond donors (Lipinski definition) is 3. The summed E-state index contributed by atoms with van der Waals surface area (Å²) in [6, 6.07) is 8.05. The van der Waals surface area contributed by atoms with E-state index in [1.165, 1.54) is 49.7 Å². The molecule has 1 aliphatic rings. The molecule has 3 rings (SSSR count). The highest BCUT2D eigenvalue weighted by molar-refractivity contribution is 7.97. The number of nitrogens with one attached hydrogen (secondary N) is 1. The van der Waals surface area contributed by atoms with Crippen LogP contribution < -0.4 is 9.86 Å². The lowest BCUT2D eigenvalue weighted by Crippen LogP contribution is -2.38. The second-order valence-electron chi connectivity index (χ2n) is 10.6. The molecule has 1 aliphatic carbocycles. The highest BCUT2D eigenvalue weighted by Gasteiger charge is 2.27. The third-order valence-electron chi connectivity index (χ3n) is 6.15. The van der Waals surface area contributed by atoms with Crippen molar-refractivity contribution in [1.82, 2.24) is 9.29 Å². The SMILES string of the molecule is Cc1c(SN)cc(-c2ccc(S(=O)NC(C)(C)C)c(C(C)(C)O)c2)n1CC1CCCCC1. The maximum absolute atomic E-state index is 13.1. The van der Waals surface area contributed by atoms with Gasteiger partial charge in [-0.1, -0.05) is 25.3 Å². The monoisotopic (exact) mass is 477 g/mol. The molecule has 1 saturated carbocycles. The zero-order valence-corrected chi connectivity index (χ0v) is 22.0. The molecule has 1 unspecified atom stereocenters. The lowest BCUT2D eigenvalue weighted by molar-refractivity contribution is 0.0756. The molecule has 0 aliphatic heterocycles. The average Bonchev–Trinajstić information content (AvgIpc) is 3.02. The number of nitrogens with two attached hydrogens (primary N) is 1. The minimum absolute atomic E-state index is 0.306. The van der Waals surface area contributed by atoms with Gasteiger partial charge in [-0.2, -0.15) is 0 Å². The van der Waals surface area contributed by atoms with Gasteiger partial charge in [0.15, 0.2) is 0 Å². The van der Waals surface area contributed by atoms with Crippen LogP contribution in [-0.2, 0) is 23.1 Å². The first-order valence-corrected chi connectivity index (χ1v) is 13.6. The van der Waals surface area contributed by atoms with E-state index in [1.807, 2.05) is 39.0 Å². The first-order chi connectivity index (χ1) is 14.9. The van der Waals surface area contributed by atoms with Crippen LogP contribution in [0.2, 0.25) is 0 Å². The third-order valence-corrected chi connectivity index (χ3v) is 8.37. The molecule has 1 aromatic heterocycles. The zero-order chi connectivity index (χ0) is 23.7. The molecule has 0 saturated heterocycles. The van der Waals surface area contributed by atoms with Gasteiger partial charge in [-0.15, -0.1) is 0 Å². The minimum atomic E-state index is -1.43. The van der Waals surface area contributed by atoms with Crippen molar-refractivity contribution in [3.05, 3.63) is 35.5 Å². The Morgan fingerprint density at radius 2 is 1.81 bits per heavy atom. The summed E-state index contributed by atoms with van der Waals surface area (Å²) in [7, 11) is -1.43. The fourth-order valence-electron chi connectivity index (χ4n) is 4.50. The molecule has 1 atom stereocenters. The molecule has 5 nitrogen and oxygen atoms in total. The number of nitrogens with zero attached hydrogens (tertiary/aromatic N) is 1. The highest BCUT2D eigenvalue weighted by Crippen LogP contribution is 2.36. The molecule has 7 heteroatoms. The van der Waals surface area contributed by atoms with Gasteiger partial charge in [0.05, 0.1) is 10.5 Å². The standard InChI is InChI=1S/C25H39N3O2S2/c1-17-22(31-26)15-21(28(17)16-18-10-8-7-9-11-18)19-12-13-23(20(14-19)25(5,6)29)32(30)27-24(2,3)4/h12-15,18,27,29H,7-11,16,26H2,1-6H3. The Hall–Kier alpha value is -1.12. The van der Waals surface area contributed by atoms with Crippen molar-refractivity contribution >= 4 is 22.9 Å². The summed E-state index contributed by atoms with van der Waals surface area (Å²) in [6.45, 7) is 12.6. The van der Waals surface area contributed by atoms with Crippen LogP contribution in [0.1, 0.15) is 78.0 Å². The molecule has 4 N–H and O–H groups in total. The smallest absolute Gasteiger partial charge is 0.125 e. The topological polar surface area (TPSA) is 80.3 Å². The van der Waals surface area contributed by atoms with Crippen molar-refractivity contribution in [3.63, 3.8) is 0 Å². The van der Waals surface area contributed by atoms with Gasteiger partial charge >= 0.3 is 0 Å². The molecule has 178 valence electrons. The summed E-state index contributed by atoms with van der Waals surface area (Å²) in [5, 5.41) is 16.9. The zero-order valence-electron chi connectivity index (χ0n) is 20.3. The van der Waals surface area contributed by atoms with Crippen molar-refractivity contribution < 1.29 is 9.32 Å². The Kier molecular flexibility index (Phi) is 7.98. The van der Waals surface area contributed by atoms with E-state index in [0.29, 0.717) is 16.4 Å². The first kappa shape index (κ1) is 25.5. The second kappa shape index (κ2) is 10.0. The van der Waals surface area contributed by atoms with E-state index in [2.05, 4.69) is 22.3 Å². The van der Waals surface area contributed by atoms with Gasteiger partial charge in [0, 0.05) is 33.9 Å². The van der Waals surface area contributed by atoms with Crippen LogP contribution in [0.15, 0.2) is 34.1 Å². The maximum Gasteiger partial charge on any atom is 0.125 e. The quantitative estimate of drug-likeness (QED) is 0.450. The molecule has 1 aromatic carbocycles. The van der Waals surface area contributed by atoms with Crippen LogP contribution in [0.5, 0.6) is 0 Å². The molecule has 1 fully saturated rings. The third kappa shape index (κ3) is 6.06. The van der Waals surface area contributed by atoms with E-state index >= 15 is 0 Å². The van der Waals surface area contributed by atoms with Crippen molar-refractivity contribution in [2.24, 2.45) is 11.1 Å². The van der Waals surface area contributed by atoms with Crippen LogP contribution in [0.25, 0.3) is 11.3 Å². The van der Waals surface area contributed by atoms with Gasteiger partial charge < -0.3 is 9.67 Å². The summed E-state index contributed by atoms with van der Waals surface area (Å²) in [5.41, 5.74) is 2.55. The van der Waals surface area contributed by atoms with Crippen molar-refractivity contribution in [3.8, 4) is 11.3 Å². The molecule has 1 heterocycles. The van der Waals surface area contributed by atoms with Gasteiger partial charge in [0.25, 0.3) is 0 Å². The Bertz CT molecular complexity index is 965. The van der Waals surface area contributed by atoms with Crippen molar-refractivity contribution in [2.75, 3.05) is 0 Å². The molecule has 2 aromatic rings. The Labute approximate surface area is 200 Å². The van der Waals surface area contributed by atoms with E-state index < -0.39 is 16.6 Å². The van der Waals surface area contributed by atoms with E-state index in [-0.39, 0.29) is 5.54 Å². The predicted octanol–water partition coefficient (Wildman–Crippen LogP) is 5.65. The Morgan fingerprint density at radius 3 is 2.38 bits per heavy atom. The predicted molar refractivity (Wildman–Crippen MR) is 136 cm³/mol. The van der Waals surface area contributed by atoms with Crippen LogP contribution in [-0.4, -0.2) is 19.4 Å². The van der Waals surface area contributed by atoms with Crippen LogP contribution in [0, 0.1) is 12.8 Å². The van der Waals surface area contributed by atoms with Gasteiger partial charge in [-0.3, -0.25) is 5.14 Å². The van der Waals surface area contributed by atoms with E-state index in [4.69, 9.17) is 5.14 Å². The Balaban J connectivity index is 2.06. The van der Waals surface area contributed by atoms with Gasteiger partial charge in [-0.05, 0) is 96.0 Å².